The average molecular weight is 525 g/mol. The molecule has 4 aromatic rings. The van der Waals surface area contributed by atoms with Crippen LogP contribution in [0.5, 0.6) is 0 Å². The fourth-order valence-electron chi connectivity index (χ4n) is 4.22. The summed E-state index contributed by atoms with van der Waals surface area (Å²) in [4.78, 5) is 56.2. The zero-order valence-corrected chi connectivity index (χ0v) is 20.8. The lowest BCUT2D eigenvalue weighted by Crippen LogP contribution is -2.60. The zero-order valence-electron chi connectivity index (χ0n) is 20.8. The minimum atomic E-state index is -0.886. The standard InChI is InChI=1S/C24H25FN8O5/c1-12(21(34)29-14-10-31(2)11-14)28-23(36)18-7-16(30-20-15(25)9-27-33(18)20)22(35)26-8-13-4-5-19-17(6-13)32(3)24(37)38-19/h4-7,9,12,14H,8,10-11H2,1-3H3,(H,26,35)(H,28,36)(H,29,34)/t12-/m0/s1. The SMILES string of the molecule is C[C@H](NC(=O)c1cc(C(=O)NCc2ccc3oc(=O)n(C)c3c2)nc2c(F)cnn12)C(=O)NC1CN(C)C1. The fourth-order valence-corrected chi connectivity index (χ4v) is 4.22. The first kappa shape index (κ1) is 25.1. The number of nitrogens with zero attached hydrogens (tertiary/aromatic N) is 5. The van der Waals surface area contributed by atoms with Crippen LogP contribution in [0, 0.1) is 5.82 Å². The van der Waals surface area contributed by atoms with Gasteiger partial charge < -0.3 is 25.3 Å². The lowest BCUT2D eigenvalue weighted by molar-refractivity contribution is -0.124. The molecule has 1 saturated heterocycles. The number of fused-ring (bicyclic) bond motifs is 2. The zero-order chi connectivity index (χ0) is 27.1. The van der Waals surface area contributed by atoms with Crippen molar-refractivity contribution in [3.63, 3.8) is 0 Å². The van der Waals surface area contributed by atoms with Crippen LogP contribution < -0.4 is 21.7 Å². The Morgan fingerprint density at radius 2 is 1.95 bits per heavy atom. The van der Waals surface area contributed by atoms with Gasteiger partial charge in [-0.1, -0.05) is 6.07 Å². The molecule has 0 saturated carbocycles. The smallest absolute Gasteiger partial charge is 0.408 e. The molecule has 0 radical (unpaired) electrons. The molecule has 5 rings (SSSR count). The minimum Gasteiger partial charge on any atom is -0.408 e. The molecule has 198 valence electrons. The van der Waals surface area contributed by atoms with Gasteiger partial charge in [-0.2, -0.15) is 5.10 Å². The highest BCUT2D eigenvalue weighted by Crippen LogP contribution is 2.15. The third-order valence-electron chi connectivity index (χ3n) is 6.35. The van der Waals surface area contributed by atoms with Crippen molar-refractivity contribution in [1.29, 1.82) is 0 Å². The number of carbonyl (C=O) groups is 3. The molecule has 1 aliphatic heterocycles. The lowest BCUT2D eigenvalue weighted by Gasteiger charge is -2.37. The van der Waals surface area contributed by atoms with Crippen LogP contribution in [-0.4, -0.2) is 74.0 Å². The number of nitrogens with one attached hydrogen (secondary N) is 3. The van der Waals surface area contributed by atoms with E-state index in [9.17, 15) is 23.6 Å². The van der Waals surface area contributed by atoms with Gasteiger partial charge in [-0.05, 0) is 31.7 Å². The van der Waals surface area contributed by atoms with Crippen LogP contribution in [0.15, 0.2) is 39.7 Å². The molecule has 3 N–H and O–H groups in total. The van der Waals surface area contributed by atoms with Crippen LogP contribution in [0.2, 0.25) is 0 Å². The number of likely N-dealkylation sites (tertiary alicyclic amines) is 1. The summed E-state index contributed by atoms with van der Waals surface area (Å²) in [5.41, 5.74) is 0.954. The molecule has 1 aliphatic rings. The number of carbonyl (C=O) groups excluding carboxylic acids is 3. The van der Waals surface area contributed by atoms with E-state index in [-0.39, 0.29) is 35.5 Å². The summed E-state index contributed by atoms with van der Waals surface area (Å²) in [7, 11) is 3.50. The second kappa shape index (κ2) is 9.70. The summed E-state index contributed by atoms with van der Waals surface area (Å²) in [6, 6.07) is 5.30. The van der Waals surface area contributed by atoms with E-state index in [2.05, 4.69) is 26.0 Å². The average Bonchev–Trinajstić information content (AvgIpc) is 3.39. The molecule has 3 amide bonds. The highest BCUT2D eigenvalue weighted by Gasteiger charge is 2.28. The topological polar surface area (TPSA) is 156 Å². The van der Waals surface area contributed by atoms with Gasteiger partial charge >= 0.3 is 5.76 Å². The molecule has 0 bridgehead atoms. The van der Waals surface area contributed by atoms with E-state index in [0.717, 1.165) is 23.8 Å². The van der Waals surface area contributed by atoms with Gasteiger partial charge in [0.05, 0.1) is 17.8 Å². The molecular formula is C24H25FN8O5. The number of halogens is 1. The molecular weight excluding hydrogens is 499 g/mol. The van der Waals surface area contributed by atoms with Crippen molar-refractivity contribution in [2.75, 3.05) is 20.1 Å². The van der Waals surface area contributed by atoms with Gasteiger partial charge in [0.25, 0.3) is 11.8 Å². The van der Waals surface area contributed by atoms with Crippen molar-refractivity contribution in [3.8, 4) is 0 Å². The molecule has 1 fully saturated rings. The van der Waals surface area contributed by atoms with E-state index in [1.54, 1.807) is 25.2 Å². The number of aromatic nitrogens is 4. The molecule has 0 aliphatic carbocycles. The van der Waals surface area contributed by atoms with Gasteiger partial charge in [-0.15, -0.1) is 0 Å². The van der Waals surface area contributed by atoms with E-state index < -0.39 is 29.4 Å². The van der Waals surface area contributed by atoms with Crippen molar-refractivity contribution in [3.05, 3.63) is 63.8 Å². The van der Waals surface area contributed by atoms with Crippen molar-refractivity contribution < 1.29 is 23.2 Å². The second-order valence-electron chi connectivity index (χ2n) is 9.29. The van der Waals surface area contributed by atoms with Gasteiger partial charge in [0, 0.05) is 32.7 Å². The quantitative estimate of drug-likeness (QED) is 0.300. The number of benzene rings is 1. The summed E-state index contributed by atoms with van der Waals surface area (Å²) >= 11 is 0. The van der Waals surface area contributed by atoms with E-state index in [0.29, 0.717) is 16.7 Å². The first-order valence-corrected chi connectivity index (χ1v) is 11.8. The van der Waals surface area contributed by atoms with Crippen LogP contribution in [-0.2, 0) is 18.4 Å². The van der Waals surface area contributed by atoms with E-state index >= 15 is 0 Å². The second-order valence-corrected chi connectivity index (χ2v) is 9.29. The summed E-state index contributed by atoms with van der Waals surface area (Å²) < 4.78 is 21.8. The number of likely N-dealkylation sites (N-methyl/N-ethyl adjacent to an activating group) is 1. The number of oxazole rings is 1. The van der Waals surface area contributed by atoms with Gasteiger partial charge in [0.2, 0.25) is 5.91 Å². The number of aryl methyl sites for hydroxylation is 1. The number of hydrogen-bond acceptors (Lipinski definition) is 8. The molecule has 3 aromatic heterocycles. The monoisotopic (exact) mass is 524 g/mol. The minimum absolute atomic E-state index is 0.00841. The summed E-state index contributed by atoms with van der Waals surface area (Å²) in [5, 5.41) is 11.9. The molecule has 0 unspecified atom stereocenters. The molecule has 38 heavy (non-hydrogen) atoms. The van der Waals surface area contributed by atoms with Crippen molar-refractivity contribution >= 4 is 34.5 Å². The predicted octanol–water partition coefficient (Wildman–Crippen LogP) is -0.208. The fraction of sp³-hybridized carbons (Fsp3) is 0.333. The van der Waals surface area contributed by atoms with Crippen LogP contribution in [0.4, 0.5) is 4.39 Å². The molecule has 4 heterocycles. The van der Waals surface area contributed by atoms with Crippen molar-refractivity contribution in [1.82, 2.24) is 40.0 Å². The van der Waals surface area contributed by atoms with Gasteiger partial charge in [0.15, 0.2) is 17.0 Å². The molecule has 1 atom stereocenters. The summed E-state index contributed by atoms with van der Waals surface area (Å²) in [5.74, 6) is -3.08. The summed E-state index contributed by atoms with van der Waals surface area (Å²) in [6.45, 7) is 3.03. The van der Waals surface area contributed by atoms with Crippen LogP contribution >= 0.6 is 0 Å². The van der Waals surface area contributed by atoms with Gasteiger partial charge in [0.1, 0.15) is 17.4 Å². The van der Waals surface area contributed by atoms with E-state index in [1.807, 2.05) is 11.9 Å². The maximum absolute atomic E-state index is 14.4. The van der Waals surface area contributed by atoms with E-state index in [4.69, 9.17) is 4.42 Å². The van der Waals surface area contributed by atoms with Crippen molar-refractivity contribution in [2.24, 2.45) is 7.05 Å². The van der Waals surface area contributed by atoms with Crippen LogP contribution in [0.3, 0.4) is 0 Å². The Kier molecular flexibility index (Phi) is 6.40. The third kappa shape index (κ3) is 4.72. The molecule has 14 heteroatoms. The predicted molar refractivity (Wildman–Crippen MR) is 132 cm³/mol. The first-order valence-electron chi connectivity index (χ1n) is 11.8. The third-order valence-corrected chi connectivity index (χ3v) is 6.35. The first-order chi connectivity index (χ1) is 18.1. The highest BCUT2D eigenvalue weighted by molar-refractivity contribution is 6.00. The van der Waals surface area contributed by atoms with Gasteiger partial charge in [-0.3, -0.25) is 19.0 Å². The maximum Gasteiger partial charge on any atom is 0.419 e. The highest BCUT2D eigenvalue weighted by atomic mass is 19.1. The Morgan fingerprint density at radius 3 is 2.68 bits per heavy atom. The number of rotatable bonds is 7. The van der Waals surface area contributed by atoms with Crippen LogP contribution in [0.1, 0.15) is 33.5 Å². The Bertz CT molecular complexity index is 1630. The Hall–Kier alpha value is -4.59. The Labute approximate surface area is 214 Å². The molecule has 13 nitrogen and oxygen atoms in total. The van der Waals surface area contributed by atoms with E-state index in [1.165, 1.54) is 17.6 Å². The summed E-state index contributed by atoms with van der Waals surface area (Å²) in [6.07, 6.45) is 0.883. The Morgan fingerprint density at radius 1 is 1.18 bits per heavy atom. The molecule has 1 aromatic carbocycles. The Balaban J connectivity index is 1.33. The van der Waals surface area contributed by atoms with Crippen molar-refractivity contribution in [2.45, 2.75) is 25.6 Å². The number of amides is 3. The lowest BCUT2D eigenvalue weighted by atomic mass is 10.1. The largest absolute Gasteiger partial charge is 0.419 e. The maximum atomic E-state index is 14.4. The normalized spacial score (nSPS) is 14.8. The van der Waals surface area contributed by atoms with Crippen LogP contribution in [0.25, 0.3) is 16.7 Å². The molecule has 0 spiro atoms. The number of hydrogen-bond donors (Lipinski definition) is 3. The van der Waals surface area contributed by atoms with Gasteiger partial charge in [-0.25, -0.2) is 18.7 Å².